The average molecular weight is 932 g/mol. The Morgan fingerprint density at radius 2 is 0.616 bits per heavy atom. The lowest BCUT2D eigenvalue weighted by Gasteiger charge is -2.31. The van der Waals surface area contributed by atoms with Gasteiger partial charge in [-0.15, -0.1) is 0 Å². The zero-order valence-electron chi connectivity index (χ0n) is 41.6. The van der Waals surface area contributed by atoms with Crippen molar-refractivity contribution in [2.45, 2.75) is 38.5 Å². The van der Waals surface area contributed by atoms with Crippen LogP contribution >= 0.6 is 0 Å². The van der Waals surface area contributed by atoms with Gasteiger partial charge in [0.05, 0.1) is 5.69 Å². The number of benzene rings is 12. The quantitative estimate of drug-likeness (QED) is 0.144. The summed E-state index contributed by atoms with van der Waals surface area (Å²) >= 11 is 0. The highest BCUT2D eigenvalue weighted by Gasteiger charge is 2.38. The molecule has 0 spiro atoms. The first-order valence-electron chi connectivity index (χ1n) is 25.7. The van der Waals surface area contributed by atoms with Gasteiger partial charge in [-0.1, -0.05) is 228 Å². The molecule has 73 heavy (non-hydrogen) atoms. The van der Waals surface area contributed by atoms with E-state index in [1.165, 1.54) is 121 Å². The van der Waals surface area contributed by atoms with E-state index in [9.17, 15) is 0 Å². The zero-order chi connectivity index (χ0) is 49.0. The van der Waals surface area contributed by atoms with Crippen LogP contribution in [0.4, 0.5) is 17.1 Å². The summed E-state index contributed by atoms with van der Waals surface area (Å²) in [6, 6.07) is 93.1. The van der Waals surface area contributed by atoms with E-state index in [-0.39, 0.29) is 10.8 Å². The van der Waals surface area contributed by atoms with Crippen LogP contribution < -0.4 is 4.90 Å². The van der Waals surface area contributed by atoms with Crippen LogP contribution in [0.5, 0.6) is 0 Å². The summed E-state index contributed by atoms with van der Waals surface area (Å²) in [6.07, 6.45) is 0. The summed E-state index contributed by atoms with van der Waals surface area (Å²) in [6.45, 7) is 9.53. The molecule has 14 rings (SSSR count). The van der Waals surface area contributed by atoms with E-state index in [1.807, 2.05) is 0 Å². The molecule has 1 heteroatoms. The molecule has 0 saturated carbocycles. The van der Waals surface area contributed by atoms with Crippen LogP contribution in [0, 0.1) is 0 Å². The molecule has 0 radical (unpaired) electrons. The van der Waals surface area contributed by atoms with Crippen molar-refractivity contribution in [3.63, 3.8) is 0 Å². The van der Waals surface area contributed by atoms with Crippen molar-refractivity contribution in [1.82, 2.24) is 0 Å². The first kappa shape index (κ1) is 43.0. The predicted molar refractivity (Wildman–Crippen MR) is 311 cm³/mol. The van der Waals surface area contributed by atoms with Crippen LogP contribution in [0.1, 0.15) is 49.9 Å². The molecule has 346 valence electrons. The first-order chi connectivity index (χ1) is 35.7. The molecule has 0 bridgehead atoms. The Labute approximate surface area is 428 Å². The van der Waals surface area contributed by atoms with Crippen molar-refractivity contribution >= 4 is 49.4 Å². The molecule has 2 aliphatic rings. The van der Waals surface area contributed by atoms with Crippen molar-refractivity contribution in [1.29, 1.82) is 0 Å². The molecule has 2 aliphatic carbocycles. The lowest BCUT2D eigenvalue weighted by Crippen LogP contribution is -2.18. The number of fused-ring (bicyclic) bond motifs is 9. The van der Waals surface area contributed by atoms with Crippen LogP contribution in [-0.2, 0) is 10.8 Å². The molecule has 0 heterocycles. The van der Waals surface area contributed by atoms with E-state index in [1.54, 1.807) is 0 Å². The van der Waals surface area contributed by atoms with Gasteiger partial charge in [-0.25, -0.2) is 0 Å². The largest absolute Gasteiger partial charge is 0.310 e. The minimum Gasteiger partial charge on any atom is -0.310 e. The molecule has 0 N–H and O–H groups in total. The van der Waals surface area contributed by atoms with Gasteiger partial charge in [0.25, 0.3) is 0 Å². The molecular formula is C72H53N. The third kappa shape index (κ3) is 6.62. The lowest BCUT2D eigenvalue weighted by molar-refractivity contribution is 0.660. The molecule has 12 aromatic rings. The van der Waals surface area contributed by atoms with Crippen LogP contribution in [0.3, 0.4) is 0 Å². The molecular weight excluding hydrogens is 879 g/mol. The van der Waals surface area contributed by atoms with E-state index in [4.69, 9.17) is 0 Å². The van der Waals surface area contributed by atoms with Crippen LogP contribution in [0.15, 0.2) is 249 Å². The number of rotatable bonds is 7. The third-order valence-corrected chi connectivity index (χ3v) is 16.4. The summed E-state index contributed by atoms with van der Waals surface area (Å²) in [4.78, 5) is 2.54. The summed E-state index contributed by atoms with van der Waals surface area (Å²) < 4.78 is 0. The van der Waals surface area contributed by atoms with E-state index in [2.05, 4.69) is 281 Å². The summed E-state index contributed by atoms with van der Waals surface area (Å²) in [5.41, 5.74) is 23.7. The molecule has 0 aromatic heterocycles. The van der Waals surface area contributed by atoms with Gasteiger partial charge in [-0.3, -0.25) is 0 Å². The zero-order valence-corrected chi connectivity index (χ0v) is 41.6. The minimum atomic E-state index is -0.151. The molecule has 0 unspecified atom stereocenters. The Morgan fingerprint density at radius 3 is 1.11 bits per heavy atom. The molecule has 1 nitrogen and oxygen atoms in total. The number of hydrogen-bond donors (Lipinski definition) is 0. The first-order valence-corrected chi connectivity index (χ1v) is 25.7. The molecule has 0 aliphatic heterocycles. The van der Waals surface area contributed by atoms with Crippen LogP contribution in [-0.4, -0.2) is 0 Å². The fraction of sp³-hybridized carbons (Fsp3) is 0.0833. The fourth-order valence-electron chi connectivity index (χ4n) is 12.9. The normalized spacial score (nSPS) is 13.7. The smallest absolute Gasteiger partial charge is 0.0540 e. The maximum Gasteiger partial charge on any atom is 0.0540 e. The summed E-state index contributed by atoms with van der Waals surface area (Å²) in [5.74, 6) is 0. The van der Waals surface area contributed by atoms with Crippen LogP contribution in [0.25, 0.3) is 99.1 Å². The van der Waals surface area contributed by atoms with Crippen molar-refractivity contribution < 1.29 is 0 Å². The van der Waals surface area contributed by atoms with Crippen LogP contribution in [0.2, 0.25) is 0 Å². The highest BCUT2D eigenvalue weighted by molar-refractivity contribution is 6.24. The van der Waals surface area contributed by atoms with E-state index < -0.39 is 0 Å². The monoisotopic (exact) mass is 931 g/mol. The van der Waals surface area contributed by atoms with Crippen molar-refractivity contribution in [3.05, 3.63) is 271 Å². The lowest BCUT2D eigenvalue weighted by atomic mass is 9.82. The Bertz CT molecular complexity index is 3970. The molecule has 0 amide bonds. The molecule has 0 fully saturated rings. The van der Waals surface area contributed by atoms with Crippen molar-refractivity contribution in [3.8, 4) is 66.8 Å². The fourth-order valence-corrected chi connectivity index (χ4v) is 12.9. The SMILES string of the molecule is CC1(C)c2ccccc2-c2ccc(N(c3ccc4c(c3)C(C)(C)c3ccccc3-4)c3ccc(-c4c5ccccc5c(-c5cc(-c6ccccc6)cc(-c6ccccc6)c5)c5ccccc45)c4ccccc34)cc21. The van der Waals surface area contributed by atoms with Gasteiger partial charge in [-0.2, -0.15) is 0 Å². The van der Waals surface area contributed by atoms with Gasteiger partial charge < -0.3 is 4.90 Å². The second-order valence-corrected chi connectivity index (χ2v) is 21.2. The third-order valence-electron chi connectivity index (χ3n) is 16.4. The van der Waals surface area contributed by atoms with Gasteiger partial charge in [0.1, 0.15) is 0 Å². The second-order valence-electron chi connectivity index (χ2n) is 21.2. The standard InChI is InChI=1S/C72H53N/c1-71(2)64-33-19-17-26-54(64)56-37-35-51(44-66(56)71)73(52-36-38-57-55-27-18-20-34-65(55)72(3,4)67(57)45-52)68-40-39-63(53-25-11-12-28-58(53)68)70-61-31-15-13-29-59(61)69(60-30-14-16-32-62(60)70)50-42-48(46-21-7-5-8-22-46)41-49(43-50)47-23-9-6-10-24-47/h5-45H,1-4H3. The Kier molecular flexibility index (Phi) is 9.66. The van der Waals surface area contributed by atoms with E-state index in [0.717, 1.165) is 17.1 Å². The predicted octanol–water partition coefficient (Wildman–Crippen LogP) is 19.9. The van der Waals surface area contributed by atoms with E-state index >= 15 is 0 Å². The van der Waals surface area contributed by atoms with E-state index in [0.29, 0.717) is 0 Å². The Morgan fingerprint density at radius 1 is 0.247 bits per heavy atom. The van der Waals surface area contributed by atoms with Crippen molar-refractivity contribution in [2.75, 3.05) is 4.90 Å². The summed E-state index contributed by atoms with van der Waals surface area (Å²) in [7, 11) is 0. The number of nitrogens with zero attached hydrogens (tertiary/aromatic N) is 1. The van der Waals surface area contributed by atoms with Gasteiger partial charge in [0.2, 0.25) is 0 Å². The summed E-state index contributed by atoms with van der Waals surface area (Å²) in [5, 5.41) is 7.36. The van der Waals surface area contributed by atoms with Crippen molar-refractivity contribution in [2.24, 2.45) is 0 Å². The van der Waals surface area contributed by atoms with Gasteiger partial charge in [-0.05, 0) is 164 Å². The maximum atomic E-state index is 2.54. The highest BCUT2D eigenvalue weighted by Crippen LogP contribution is 2.55. The molecule has 0 atom stereocenters. The number of anilines is 3. The van der Waals surface area contributed by atoms with Gasteiger partial charge in [0.15, 0.2) is 0 Å². The highest BCUT2D eigenvalue weighted by atomic mass is 15.1. The maximum absolute atomic E-state index is 2.54. The topological polar surface area (TPSA) is 3.24 Å². The Hall–Kier alpha value is -8.78. The van der Waals surface area contributed by atoms with Gasteiger partial charge in [0, 0.05) is 27.6 Å². The van der Waals surface area contributed by atoms with Gasteiger partial charge >= 0.3 is 0 Å². The number of hydrogen-bond acceptors (Lipinski definition) is 1. The Balaban J connectivity index is 0.998. The second kappa shape index (κ2) is 16.4. The molecule has 12 aromatic carbocycles. The minimum absolute atomic E-state index is 0.151. The average Bonchev–Trinajstić information content (AvgIpc) is 3.81. The molecule has 0 saturated heterocycles.